The fraction of sp³-hybridized carbons (Fsp3) is 0.261. The van der Waals surface area contributed by atoms with E-state index in [-0.39, 0.29) is 11.6 Å². The minimum absolute atomic E-state index is 0.192. The monoisotopic (exact) mass is 419 g/mol. The first kappa shape index (κ1) is 19.0. The highest BCUT2D eigenvalue weighted by molar-refractivity contribution is 7.18. The standard InChI is InChI=1S/C23H21N3O3S/c27-22-16(23(28)29)13-15(18-8-4-6-12-26(18)22)14-25-11-5-3-9-19(25)21-24-17-7-1-2-10-20(17)30-21/h1-2,4,6-8,10,12-13,19H,3,5,9,11,14H2,(H,28,29). The number of carboxylic acid groups (broad SMARTS) is 1. The number of rotatable bonds is 4. The van der Waals surface area contributed by atoms with E-state index in [0.717, 1.165) is 47.4 Å². The zero-order chi connectivity index (χ0) is 20.7. The van der Waals surface area contributed by atoms with Gasteiger partial charge in [-0.3, -0.25) is 14.1 Å². The third-order valence-corrected chi connectivity index (χ3v) is 6.91. The van der Waals surface area contributed by atoms with Gasteiger partial charge in [0.15, 0.2) is 0 Å². The Morgan fingerprint density at radius 2 is 2.00 bits per heavy atom. The number of hydrogen-bond acceptors (Lipinski definition) is 5. The lowest BCUT2D eigenvalue weighted by Crippen LogP contribution is -2.33. The normalized spacial score (nSPS) is 17.5. The minimum atomic E-state index is -1.19. The van der Waals surface area contributed by atoms with Crippen LogP contribution in [-0.2, 0) is 6.54 Å². The second-order valence-electron chi connectivity index (χ2n) is 7.65. The Bertz CT molecular complexity index is 1280. The molecule has 4 heterocycles. The molecule has 1 aliphatic rings. The maximum atomic E-state index is 12.6. The second-order valence-corrected chi connectivity index (χ2v) is 8.71. The summed E-state index contributed by atoms with van der Waals surface area (Å²) in [5, 5.41) is 10.6. The van der Waals surface area contributed by atoms with Crippen molar-refractivity contribution in [3.63, 3.8) is 0 Å². The lowest BCUT2D eigenvalue weighted by molar-refractivity contribution is 0.0694. The van der Waals surface area contributed by atoms with Gasteiger partial charge in [0.25, 0.3) is 5.56 Å². The molecule has 0 aliphatic carbocycles. The molecule has 152 valence electrons. The minimum Gasteiger partial charge on any atom is -0.477 e. The van der Waals surface area contributed by atoms with Crippen LogP contribution in [0.1, 0.15) is 46.2 Å². The van der Waals surface area contributed by atoms with Crippen molar-refractivity contribution < 1.29 is 9.90 Å². The molecule has 0 spiro atoms. The summed E-state index contributed by atoms with van der Waals surface area (Å²) in [5.41, 5.74) is 1.93. The van der Waals surface area contributed by atoms with Gasteiger partial charge in [-0.2, -0.15) is 0 Å². The summed E-state index contributed by atoms with van der Waals surface area (Å²) in [6.45, 7) is 1.50. The van der Waals surface area contributed by atoms with Crippen LogP contribution in [0.15, 0.2) is 59.5 Å². The molecule has 1 saturated heterocycles. The van der Waals surface area contributed by atoms with Crippen molar-refractivity contribution in [2.75, 3.05) is 6.54 Å². The Morgan fingerprint density at radius 1 is 1.17 bits per heavy atom. The highest BCUT2D eigenvalue weighted by atomic mass is 32.1. The van der Waals surface area contributed by atoms with Gasteiger partial charge in [0.1, 0.15) is 10.6 Å². The number of carboxylic acids is 1. The molecule has 7 heteroatoms. The lowest BCUT2D eigenvalue weighted by atomic mass is 10.0. The summed E-state index contributed by atoms with van der Waals surface area (Å²) in [6, 6.07) is 15.4. The molecule has 6 nitrogen and oxygen atoms in total. The van der Waals surface area contributed by atoms with Gasteiger partial charge >= 0.3 is 5.97 Å². The predicted octanol–water partition coefficient (Wildman–Crippen LogP) is 4.33. The van der Waals surface area contributed by atoms with Crippen molar-refractivity contribution in [1.82, 2.24) is 14.3 Å². The average molecular weight is 420 g/mol. The number of carbonyl (C=O) groups is 1. The molecule has 3 aromatic heterocycles. The Kier molecular flexibility index (Phi) is 4.84. The largest absolute Gasteiger partial charge is 0.477 e. The number of hydrogen-bond donors (Lipinski definition) is 1. The maximum absolute atomic E-state index is 12.6. The number of pyridine rings is 2. The number of fused-ring (bicyclic) bond motifs is 2. The van der Waals surface area contributed by atoms with Crippen molar-refractivity contribution in [2.24, 2.45) is 0 Å². The van der Waals surface area contributed by atoms with Crippen molar-refractivity contribution >= 4 is 33.0 Å². The quantitative estimate of drug-likeness (QED) is 0.533. The fourth-order valence-corrected chi connectivity index (χ4v) is 5.45. The second kappa shape index (κ2) is 7.66. The summed E-state index contributed by atoms with van der Waals surface area (Å²) >= 11 is 1.73. The fourth-order valence-electron chi connectivity index (χ4n) is 4.31. The van der Waals surface area contributed by atoms with Crippen molar-refractivity contribution in [2.45, 2.75) is 31.8 Å². The first-order valence-electron chi connectivity index (χ1n) is 10.1. The molecule has 4 aromatic rings. The van der Waals surface area contributed by atoms with Gasteiger partial charge in [0.05, 0.1) is 21.8 Å². The molecule has 0 amide bonds. The zero-order valence-corrected chi connectivity index (χ0v) is 17.1. The van der Waals surface area contributed by atoms with Gasteiger partial charge in [0.2, 0.25) is 0 Å². The van der Waals surface area contributed by atoms with E-state index in [1.807, 2.05) is 30.3 Å². The van der Waals surface area contributed by atoms with Crippen LogP contribution in [0.3, 0.4) is 0 Å². The third kappa shape index (κ3) is 3.30. The van der Waals surface area contributed by atoms with E-state index in [4.69, 9.17) is 4.98 Å². The van der Waals surface area contributed by atoms with E-state index in [1.54, 1.807) is 29.7 Å². The van der Waals surface area contributed by atoms with Gasteiger partial charge in [-0.25, -0.2) is 9.78 Å². The van der Waals surface area contributed by atoms with Gasteiger partial charge < -0.3 is 5.11 Å². The van der Waals surface area contributed by atoms with Gasteiger partial charge in [0, 0.05) is 12.7 Å². The SMILES string of the molecule is O=C(O)c1cc(CN2CCCCC2c2nc3ccccc3s2)c2ccccn2c1=O. The summed E-state index contributed by atoms with van der Waals surface area (Å²) in [5.74, 6) is -1.19. The van der Waals surface area contributed by atoms with Crippen LogP contribution >= 0.6 is 11.3 Å². The molecule has 1 N–H and O–H groups in total. The Labute approximate surface area is 177 Å². The van der Waals surface area contributed by atoms with Gasteiger partial charge in [-0.1, -0.05) is 24.6 Å². The van der Waals surface area contributed by atoms with Crippen LogP contribution < -0.4 is 5.56 Å². The number of aromatic carboxylic acids is 1. The highest BCUT2D eigenvalue weighted by Crippen LogP contribution is 2.36. The van der Waals surface area contributed by atoms with Crippen LogP contribution in [-0.4, -0.2) is 31.9 Å². The van der Waals surface area contributed by atoms with Crippen LogP contribution in [0.4, 0.5) is 0 Å². The average Bonchev–Trinajstić information content (AvgIpc) is 3.20. The number of likely N-dealkylation sites (tertiary alicyclic amines) is 1. The molecule has 1 aliphatic heterocycles. The van der Waals surface area contributed by atoms with E-state index in [2.05, 4.69) is 11.0 Å². The Morgan fingerprint density at radius 3 is 2.83 bits per heavy atom. The molecular formula is C23H21N3O3S. The molecular weight excluding hydrogens is 398 g/mol. The summed E-state index contributed by atoms with van der Waals surface area (Å²) in [7, 11) is 0. The number of benzene rings is 1. The first-order valence-corrected chi connectivity index (χ1v) is 10.9. The van der Waals surface area contributed by atoms with E-state index < -0.39 is 11.5 Å². The predicted molar refractivity (Wildman–Crippen MR) is 117 cm³/mol. The number of nitrogens with zero attached hydrogens (tertiary/aromatic N) is 3. The number of thiazole rings is 1. The topological polar surface area (TPSA) is 74.9 Å². The summed E-state index contributed by atoms with van der Waals surface area (Å²) in [4.78, 5) is 31.5. The Hall–Kier alpha value is -3.03. The molecule has 0 bridgehead atoms. The van der Waals surface area contributed by atoms with Crippen molar-refractivity contribution in [3.8, 4) is 0 Å². The van der Waals surface area contributed by atoms with Gasteiger partial charge in [-0.15, -0.1) is 11.3 Å². The van der Waals surface area contributed by atoms with E-state index in [9.17, 15) is 14.7 Å². The number of piperidine rings is 1. The van der Waals surface area contributed by atoms with Crippen LogP contribution in [0, 0.1) is 0 Å². The summed E-state index contributed by atoms with van der Waals surface area (Å²) < 4.78 is 2.62. The highest BCUT2D eigenvalue weighted by Gasteiger charge is 2.28. The third-order valence-electron chi connectivity index (χ3n) is 5.77. The van der Waals surface area contributed by atoms with Crippen molar-refractivity contribution in [1.29, 1.82) is 0 Å². The van der Waals surface area contributed by atoms with Crippen LogP contribution in [0.25, 0.3) is 15.7 Å². The van der Waals surface area contributed by atoms with E-state index in [1.165, 1.54) is 9.10 Å². The molecule has 5 rings (SSSR count). The number of aromatic nitrogens is 2. The smallest absolute Gasteiger partial charge is 0.341 e. The molecule has 1 aromatic carbocycles. The molecule has 0 radical (unpaired) electrons. The maximum Gasteiger partial charge on any atom is 0.341 e. The molecule has 0 saturated carbocycles. The van der Waals surface area contributed by atoms with Crippen LogP contribution in [0.2, 0.25) is 0 Å². The van der Waals surface area contributed by atoms with Gasteiger partial charge in [-0.05, 0) is 55.3 Å². The first-order chi connectivity index (χ1) is 14.6. The Balaban J connectivity index is 1.56. The molecule has 1 fully saturated rings. The summed E-state index contributed by atoms with van der Waals surface area (Å²) in [6.07, 6.45) is 4.90. The molecule has 1 unspecified atom stereocenters. The van der Waals surface area contributed by atoms with Crippen LogP contribution in [0.5, 0.6) is 0 Å². The van der Waals surface area contributed by atoms with Crippen molar-refractivity contribution in [3.05, 3.63) is 81.2 Å². The molecule has 30 heavy (non-hydrogen) atoms. The number of para-hydroxylation sites is 1. The zero-order valence-electron chi connectivity index (χ0n) is 16.3. The lowest BCUT2D eigenvalue weighted by Gasteiger charge is -2.34. The van der Waals surface area contributed by atoms with E-state index in [0.29, 0.717) is 6.54 Å². The van der Waals surface area contributed by atoms with E-state index >= 15 is 0 Å². The molecule has 1 atom stereocenters.